The van der Waals surface area contributed by atoms with E-state index >= 15 is 0 Å². The monoisotopic (exact) mass is 315 g/mol. The highest BCUT2D eigenvalue weighted by Crippen LogP contribution is 2.21. The Morgan fingerprint density at radius 2 is 2.10 bits per heavy atom. The Morgan fingerprint density at radius 3 is 2.75 bits per heavy atom. The third kappa shape index (κ3) is 5.63. The van der Waals surface area contributed by atoms with Gasteiger partial charge in [0.25, 0.3) is 0 Å². The molecule has 0 fully saturated rings. The molecule has 2 N–H and O–H groups in total. The van der Waals surface area contributed by atoms with Gasteiger partial charge in [0.05, 0.1) is 5.92 Å². The van der Waals surface area contributed by atoms with Crippen molar-refractivity contribution in [3.05, 3.63) is 39.9 Å². The molecule has 0 heterocycles. The first-order valence-electron chi connectivity index (χ1n) is 6.04. The minimum atomic E-state index is -0.875. The third-order valence-electron chi connectivity index (χ3n) is 2.67. The number of halogens is 2. The predicted molar refractivity (Wildman–Crippen MR) is 79.9 cm³/mol. The Morgan fingerprint density at radius 1 is 1.40 bits per heavy atom. The maximum atomic E-state index is 11.5. The largest absolute Gasteiger partial charge is 0.481 e. The van der Waals surface area contributed by atoms with E-state index in [1.807, 2.05) is 0 Å². The first-order chi connectivity index (χ1) is 9.40. The highest BCUT2D eigenvalue weighted by Gasteiger charge is 2.10. The minimum absolute atomic E-state index is 0.305. The smallest absolute Gasteiger partial charge is 0.306 e. The summed E-state index contributed by atoms with van der Waals surface area (Å²) >= 11 is 11.8. The summed E-state index contributed by atoms with van der Waals surface area (Å²) in [5.74, 6) is -1.67. The molecular formula is C14H15Cl2NO3. The van der Waals surface area contributed by atoms with E-state index in [1.165, 1.54) is 6.08 Å². The van der Waals surface area contributed by atoms with Gasteiger partial charge in [0.2, 0.25) is 5.91 Å². The molecule has 0 saturated heterocycles. The quantitative estimate of drug-likeness (QED) is 0.792. The molecule has 1 amide bonds. The SMILES string of the molecule is CC(CCNC(=O)/C=C/c1cc(Cl)ccc1Cl)C(=O)O. The molecule has 4 nitrogen and oxygen atoms in total. The number of hydrogen-bond acceptors (Lipinski definition) is 2. The van der Waals surface area contributed by atoms with Crippen LogP contribution in [0.3, 0.4) is 0 Å². The van der Waals surface area contributed by atoms with Gasteiger partial charge in [0.15, 0.2) is 0 Å². The van der Waals surface area contributed by atoms with Crippen molar-refractivity contribution in [2.75, 3.05) is 6.54 Å². The van der Waals surface area contributed by atoms with Crippen molar-refractivity contribution in [2.45, 2.75) is 13.3 Å². The lowest BCUT2D eigenvalue weighted by atomic mass is 10.1. The van der Waals surface area contributed by atoms with Crippen LogP contribution in [0.4, 0.5) is 0 Å². The molecule has 0 spiro atoms. The van der Waals surface area contributed by atoms with Gasteiger partial charge in [-0.1, -0.05) is 30.1 Å². The standard InChI is InChI=1S/C14H15Cl2NO3/c1-9(14(19)20)6-7-17-13(18)5-2-10-8-11(15)3-4-12(10)16/h2-5,8-9H,6-7H2,1H3,(H,17,18)(H,19,20)/b5-2+. The van der Waals surface area contributed by atoms with Crippen molar-refractivity contribution in [1.82, 2.24) is 5.32 Å². The lowest BCUT2D eigenvalue weighted by Crippen LogP contribution is -2.25. The van der Waals surface area contributed by atoms with Gasteiger partial charge in [-0.05, 0) is 36.3 Å². The summed E-state index contributed by atoms with van der Waals surface area (Å²) in [7, 11) is 0. The molecule has 20 heavy (non-hydrogen) atoms. The van der Waals surface area contributed by atoms with E-state index in [4.69, 9.17) is 28.3 Å². The number of benzene rings is 1. The van der Waals surface area contributed by atoms with Crippen molar-refractivity contribution >= 4 is 41.2 Å². The van der Waals surface area contributed by atoms with Crippen LogP contribution < -0.4 is 5.32 Å². The third-order valence-corrected chi connectivity index (χ3v) is 3.25. The molecule has 0 aliphatic rings. The first kappa shape index (κ1) is 16.5. The molecule has 0 aliphatic heterocycles. The van der Waals surface area contributed by atoms with Crippen molar-refractivity contribution in [3.8, 4) is 0 Å². The number of aliphatic carboxylic acids is 1. The van der Waals surface area contributed by atoms with Gasteiger partial charge in [-0.2, -0.15) is 0 Å². The van der Waals surface area contributed by atoms with E-state index in [1.54, 1.807) is 31.2 Å². The molecule has 0 bridgehead atoms. The Balaban J connectivity index is 2.48. The number of carbonyl (C=O) groups is 2. The van der Waals surface area contributed by atoms with Crippen LogP contribution in [0.25, 0.3) is 6.08 Å². The second-order valence-electron chi connectivity index (χ2n) is 4.32. The summed E-state index contributed by atoms with van der Waals surface area (Å²) in [6.45, 7) is 1.90. The van der Waals surface area contributed by atoms with E-state index in [2.05, 4.69) is 5.32 Å². The average Bonchev–Trinajstić information content (AvgIpc) is 2.39. The second-order valence-corrected chi connectivity index (χ2v) is 5.16. The zero-order chi connectivity index (χ0) is 15.1. The number of rotatable bonds is 6. The van der Waals surface area contributed by atoms with Crippen LogP contribution in [0.15, 0.2) is 24.3 Å². The normalized spacial score (nSPS) is 12.3. The summed E-state index contributed by atoms with van der Waals surface area (Å²) in [6.07, 6.45) is 3.28. The van der Waals surface area contributed by atoms with Crippen LogP contribution in [-0.2, 0) is 9.59 Å². The van der Waals surface area contributed by atoms with Gasteiger partial charge in [-0.25, -0.2) is 0 Å². The van der Waals surface area contributed by atoms with Crippen LogP contribution in [0.2, 0.25) is 10.0 Å². The number of amides is 1. The Labute approximate surface area is 127 Å². The van der Waals surface area contributed by atoms with Crippen LogP contribution in [0.5, 0.6) is 0 Å². The Hall–Kier alpha value is -1.52. The summed E-state index contributed by atoms with van der Waals surface area (Å²) in [5, 5.41) is 12.3. The lowest BCUT2D eigenvalue weighted by Gasteiger charge is -2.06. The minimum Gasteiger partial charge on any atom is -0.481 e. The summed E-state index contributed by atoms with van der Waals surface area (Å²) < 4.78 is 0. The van der Waals surface area contributed by atoms with Gasteiger partial charge in [0.1, 0.15) is 0 Å². The number of carboxylic acid groups (broad SMARTS) is 1. The zero-order valence-corrected chi connectivity index (χ0v) is 12.4. The number of carbonyl (C=O) groups excluding carboxylic acids is 1. The molecule has 1 rings (SSSR count). The van der Waals surface area contributed by atoms with Gasteiger partial charge < -0.3 is 10.4 Å². The molecule has 0 aromatic heterocycles. The highest BCUT2D eigenvalue weighted by molar-refractivity contribution is 6.34. The maximum Gasteiger partial charge on any atom is 0.306 e. The number of hydrogen-bond donors (Lipinski definition) is 2. The second kappa shape index (κ2) is 7.92. The zero-order valence-electron chi connectivity index (χ0n) is 10.9. The van der Waals surface area contributed by atoms with Gasteiger partial charge in [-0.3, -0.25) is 9.59 Å². The maximum absolute atomic E-state index is 11.5. The summed E-state index contributed by atoms with van der Waals surface area (Å²) in [6, 6.07) is 4.96. The average molecular weight is 316 g/mol. The molecule has 6 heteroatoms. The topological polar surface area (TPSA) is 66.4 Å². The van der Waals surface area contributed by atoms with E-state index in [0.29, 0.717) is 28.6 Å². The van der Waals surface area contributed by atoms with Crippen LogP contribution in [0, 0.1) is 5.92 Å². The van der Waals surface area contributed by atoms with Crippen LogP contribution in [0.1, 0.15) is 18.9 Å². The molecule has 1 aromatic carbocycles. The molecule has 1 atom stereocenters. The number of carboxylic acids is 1. The molecule has 108 valence electrons. The Bertz CT molecular complexity index is 529. The lowest BCUT2D eigenvalue weighted by molar-refractivity contribution is -0.141. The van der Waals surface area contributed by atoms with E-state index in [0.717, 1.165) is 0 Å². The molecule has 0 aliphatic carbocycles. The molecule has 1 aromatic rings. The highest BCUT2D eigenvalue weighted by atomic mass is 35.5. The van der Waals surface area contributed by atoms with E-state index < -0.39 is 11.9 Å². The molecule has 1 unspecified atom stereocenters. The molecule has 0 saturated carbocycles. The van der Waals surface area contributed by atoms with E-state index in [9.17, 15) is 9.59 Å². The van der Waals surface area contributed by atoms with Crippen molar-refractivity contribution < 1.29 is 14.7 Å². The number of nitrogens with one attached hydrogen (secondary N) is 1. The molecular weight excluding hydrogens is 301 g/mol. The van der Waals surface area contributed by atoms with Gasteiger partial charge in [-0.15, -0.1) is 0 Å². The molecule has 0 radical (unpaired) electrons. The van der Waals surface area contributed by atoms with Crippen molar-refractivity contribution in [3.63, 3.8) is 0 Å². The van der Waals surface area contributed by atoms with Crippen LogP contribution >= 0.6 is 23.2 Å². The van der Waals surface area contributed by atoms with Crippen molar-refractivity contribution in [1.29, 1.82) is 0 Å². The predicted octanol–water partition coefficient (Wildman–Crippen LogP) is 3.23. The summed E-state index contributed by atoms with van der Waals surface area (Å²) in [4.78, 5) is 22.1. The fourth-order valence-corrected chi connectivity index (χ4v) is 1.76. The first-order valence-corrected chi connectivity index (χ1v) is 6.79. The summed E-state index contributed by atoms with van der Waals surface area (Å²) in [5.41, 5.74) is 0.647. The fraction of sp³-hybridized carbons (Fsp3) is 0.286. The van der Waals surface area contributed by atoms with Crippen molar-refractivity contribution in [2.24, 2.45) is 5.92 Å². The van der Waals surface area contributed by atoms with E-state index in [-0.39, 0.29) is 5.91 Å². The Kier molecular flexibility index (Phi) is 6.55. The van der Waals surface area contributed by atoms with Gasteiger partial charge in [0, 0.05) is 22.7 Å². The van der Waals surface area contributed by atoms with Gasteiger partial charge >= 0.3 is 5.97 Å². The fourth-order valence-electron chi connectivity index (χ4n) is 1.40. The van der Waals surface area contributed by atoms with Crippen LogP contribution in [-0.4, -0.2) is 23.5 Å².